The fourth-order valence-corrected chi connectivity index (χ4v) is 2.36. The third kappa shape index (κ3) is 4.32. The van der Waals surface area contributed by atoms with Gasteiger partial charge in [-0.2, -0.15) is 0 Å². The molecule has 0 bridgehead atoms. The maximum Gasteiger partial charge on any atom is 0.339 e. The van der Waals surface area contributed by atoms with E-state index in [1.54, 1.807) is 44.4 Å². The number of benzene rings is 2. The molecule has 0 aliphatic heterocycles. The molecule has 0 aromatic heterocycles. The van der Waals surface area contributed by atoms with E-state index in [-0.39, 0.29) is 22.8 Å². The van der Waals surface area contributed by atoms with Crippen LogP contribution >= 0.6 is 0 Å². The number of aryl methyl sites for hydroxylation is 1. The van der Waals surface area contributed by atoms with Crippen molar-refractivity contribution in [3.05, 3.63) is 70.8 Å². The van der Waals surface area contributed by atoms with E-state index in [1.807, 2.05) is 19.1 Å². The van der Waals surface area contributed by atoms with Crippen molar-refractivity contribution >= 4 is 17.7 Å². The number of ketones is 1. The first-order chi connectivity index (χ1) is 11.8. The fourth-order valence-electron chi connectivity index (χ4n) is 2.36. The SMILES string of the molecule is Cc1ccc(C(=O)c2ccccc2C(=O)O[C@H](C)C(=O)N(C)C)cc1. The van der Waals surface area contributed by atoms with Crippen LogP contribution in [0.15, 0.2) is 48.5 Å². The summed E-state index contributed by atoms with van der Waals surface area (Å²) < 4.78 is 5.22. The van der Waals surface area contributed by atoms with E-state index < -0.39 is 12.1 Å². The number of amides is 1. The van der Waals surface area contributed by atoms with Crippen molar-refractivity contribution in [1.29, 1.82) is 0 Å². The highest BCUT2D eigenvalue weighted by Crippen LogP contribution is 2.17. The summed E-state index contributed by atoms with van der Waals surface area (Å²) >= 11 is 0. The second-order valence-electron chi connectivity index (χ2n) is 6.02. The summed E-state index contributed by atoms with van der Waals surface area (Å²) in [5.41, 5.74) is 1.93. The summed E-state index contributed by atoms with van der Waals surface area (Å²) in [5, 5.41) is 0. The molecule has 0 radical (unpaired) electrons. The summed E-state index contributed by atoms with van der Waals surface area (Å²) in [4.78, 5) is 38.4. The molecule has 25 heavy (non-hydrogen) atoms. The highest BCUT2D eigenvalue weighted by molar-refractivity contribution is 6.14. The van der Waals surface area contributed by atoms with Crippen LogP contribution in [0.4, 0.5) is 0 Å². The molecule has 0 spiro atoms. The second kappa shape index (κ2) is 7.75. The Balaban J connectivity index is 2.28. The van der Waals surface area contributed by atoms with Crippen molar-refractivity contribution in [2.24, 2.45) is 0 Å². The van der Waals surface area contributed by atoms with Gasteiger partial charge in [0.2, 0.25) is 0 Å². The monoisotopic (exact) mass is 339 g/mol. The van der Waals surface area contributed by atoms with Gasteiger partial charge in [-0.3, -0.25) is 9.59 Å². The first kappa shape index (κ1) is 18.4. The smallest absolute Gasteiger partial charge is 0.339 e. The van der Waals surface area contributed by atoms with Crippen molar-refractivity contribution in [2.45, 2.75) is 20.0 Å². The van der Waals surface area contributed by atoms with Gasteiger partial charge in [-0.25, -0.2) is 4.79 Å². The molecule has 1 amide bonds. The zero-order chi connectivity index (χ0) is 18.6. The molecule has 2 aromatic carbocycles. The number of nitrogens with zero attached hydrogens (tertiary/aromatic N) is 1. The third-order valence-corrected chi connectivity index (χ3v) is 3.78. The molecule has 0 unspecified atom stereocenters. The Morgan fingerprint density at radius 1 is 0.920 bits per heavy atom. The molecule has 2 aromatic rings. The van der Waals surface area contributed by atoms with Gasteiger partial charge in [-0.1, -0.05) is 48.0 Å². The number of rotatable bonds is 5. The molecular formula is C20H21NO4. The van der Waals surface area contributed by atoms with E-state index in [0.717, 1.165) is 5.56 Å². The minimum atomic E-state index is -0.926. The predicted molar refractivity (Wildman–Crippen MR) is 94.6 cm³/mol. The topological polar surface area (TPSA) is 63.7 Å². The average Bonchev–Trinajstić information content (AvgIpc) is 2.60. The summed E-state index contributed by atoms with van der Waals surface area (Å²) in [6.45, 7) is 3.44. The molecule has 2 rings (SSSR count). The average molecular weight is 339 g/mol. The minimum absolute atomic E-state index is 0.145. The molecule has 0 heterocycles. The predicted octanol–water partition coefficient (Wildman–Crippen LogP) is 2.86. The number of carbonyl (C=O) groups excluding carboxylic acids is 3. The second-order valence-corrected chi connectivity index (χ2v) is 6.02. The molecule has 0 N–H and O–H groups in total. The van der Waals surface area contributed by atoms with Crippen LogP contribution < -0.4 is 0 Å². The summed E-state index contributed by atoms with van der Waals surface area (Å²) in [7, 11) is 3.17. The van der Waals surface area contributed by atoms with Gasteiger partial charge in [0.15, 0.2) is 11.9 Å². The lowest BCUT2D eigenvalue weighted by Crippen LogP contribution is -2.35. The molecule has 5 heteroatoms. The highest BCUT2D eigenvalue weighted by Gasteiger charge is 2.24. The standard InChI is InChI=1S/C20H21NO4/c1-13-9-11-15(12-10-13)18(22)16-7-5-6-8-17(16)20(24)25-14(2)19(23)21(3)4/h5-12,14H,1-4H3/t14-/m1/s1. The van der Waals surface area contributed by atoms with Gasteiger partial charge in [-0.05, 0) is 19.9 Å². The van der Waals surface area contributed by atoms with Crippen molar-refractivity contribution in [3.8, 4) is 0 Å². The molecule has 5 nitrogen and oxygen atoms in total. The Bertz CT molecular complexity index is 794. The van der Waals surface area contributed by atoms with E-state index in [0.29, 0.717) is 5.56 Å². The minimum Gasteiger partial charge on any atom is -0.449 e. The zero-order valence-electron chi connectivity index (χ0n) is 14.8. The molecule has 0 saturated carbocycles. The van der Waals surface area contributed by atoms with Gasteiger partial charge in [-0.15, -0.1) is 0 Å². The largest absolute Gasteiger partial charge is 0.449 e. The van der Waals surface area contributed by atoms with Gasteiger partial charge >= 0.3 is 5.97 Å². The molecular weight excluding hydrogens is 318 g/mol. The van der Waals surface area contributed by atoms with Gasteiger partial charge < -0.3 is 9.64 Å². The Labute approximate surface area is 147 Å². The fraction of sp³-hybridized carbons (Fsp3) is 0.250. The lowest BCUT2D eigenvalue weighted by atomic mass is 9.98. The Morgan fingerprint density at radius 2 is 1.48 bits per heavy atom. The van der Waals surface area contributed by atoms with Crippen molar-refractivity contribution < 1.29 is 19.1 Å². The van der Waals surface area contributed by atoms with E-state index in [9.17, 15) is 14.4 Å². The quantitative estimate of drug-likeness (QED) is 0.621. The lowest BCUT2D eigenvalue weighted by Gasteiger charge is -2.18. The number of likely N-dealkylation sites (N-methyl/N-ethyl adjacent to an activating group) is 1. The molecule has 0 aliphatic carbocycles. The number of carbonyl (C=O) groups is 3. The summed E-state index contributed by atoms with van der Waals surface area (Å²) in [6, 6.07) is 13.6. The molecule has 0 aliphatic rings. The summed E-state index contributed by atoms with van der Waals surface area (Å²) in [5.74, 6) is -1.28. The Kier molecular flexibility index (Phi) is 5.70. The maximum atomic E-state index is 12.7. The molecule has 0 saturated heterocycles. The van der Waals surface area contributed by atoms with Crippen LogP contribution in [0.25, 0.3) is 0 Å². The normalized spacial score (nSPS) is 11.5. The van der Waals surface area contributed by atoms with E-state index in [1.165, 1.54) is 17.9 Å². The number of ether oxygens (including phenoxy) is 1. The van der Waals surface area contributed by atoms with Gasteiger partial charge in [0, 0.05) is 25.2 Å². The zero-order valence-corrected chi connectivity index (χ0v) is 14.8. The maximum absolute atomic E-state index is 12.7. The number of hydrogen-bond donors (Lipinski definition) is 0. The molecule has 0 fully saturated rings. The number of hydrogen-bond acceptors (Lipinski definition) is 4. The van der Waals surface area contributed by atoms with Crippen molar-refractivity contribution in [2.75, 3.05) is 14.1 Å². The number of esters is 1. The van der Waals surface area contributed by atoms with Crippen LogP contribution in [0.5, 0.6) is 0 Å². The van der Waals surface area contributed by atoms with Crippen molar-refractivity contribution in [1.82, 2.24) is 4.90 Å². The van der Waals surface area contributed by atoms with E-state index in [2.05, 4.69) is 0 Å². The van der Waals surface area contributed by atoms with Crippen molar-refractivity contribution in [3.63, 3.8) is 0 Å². The van der Waals surface area contributed by atoms with E-state index >= 15 is 0 Å². The van der Waals surface area contributed by atoms with Crippen LogP contribution in [0, 0.1) is 6.92 Å². The van der Waals surface area contributed by atoms with E-state index in [4.69, 9.17) is 4.74 Å². The summed E-state index contributed by atoms with van der Waals surface area (Å²) in [6.07, 6.45) is -0.926. The van der Waals surface area contributed by atoms with Crippen LogP contribution in [0.1, 0.15) is 38.8 Å². The first-order valence-electron chi connectivity index (χ1n) is 7.93. The molecule has 130 valence electrons. The molecule has 1 atom stereocenters. The Hall–Kier alpha value is -2.95. The highest BCUT2D eigenvalue weighted by atomic mass is 16.5. The van der Waals surface area contributed by atoms with Gasteiger partial charge in [0.05, 0.1) is 5.56 Å². The van der Waals surface area contributed by atoms with Crippen LogP contribution in [-0.4, -0.2) is 42.8 Å². The van der Waals surface area contributed by atoms with Crippen LogP contribution in [0.3, 0.4) is 0 Å². The van der Waals surface area contributed by atoms with Crippen LogP contribution in [-0.2, 0) is 9.53 Å². The third-order valence-electron chi connectivity index (χ3n) is 3.78. The van der Waals surface area contributed by atoms with Gasteiger partial charge in [0.25, 0.3) is 5.91 Å². The van der Waals surface area contributed by atoms with Crippen LogP contribution in [0.2, 0.25) is 0 Å². The lowest BCUT2D eigenvalue weighted by molar-refractivity contribution is -0.137. The first-order valence-corrected chi connectivity index (χ1v) is 7.93. The van der Waals surface area contributed by atoms with Gasteiger partial charge in [0.1, 0.15) is 0 Å². The Morgan fingerprint density at radius 3 is 2.04 bits per heavy atom.